The lowest BCUT2D eigenvalue weighted by molar-refractivity contribution is -0.150. The highest BCUT2D eigenvalue weighted by molar-refractivity contribution is 5.81. The lowest BCUT2D eigenvalue weighted by Crippen LogP contribution is -2.55. The fraction of sp³-hybridized carbons (Fsp3) is 0.917. The van der Waals surface area contributed by atoms with Gasteiger partial charge in [0, 0.05) is 0 Å². The van der Waals surface area contributed by atoms with Gasteiger partial charge in [0.1, 0.15) is 5.54 Å². The second-order valence-corrected chi connectivity index (χ2v) is 5.08. The van der Waals surface area contributed by atoms with Gasteiger partial charge >= 0.3 is 5.97 Å². The van der Waals surface area contributed by atoms with Gasteiger partial charge in [-0.2, -0.15) is 0 Å². The van der Waals surface area contributed by atoms with Gasteiger partial charge in [0.15, 0.2) is 0 Å². The third-order valence-corrected chi connectivity index (χ3v) is 4.00. The first-order valence-corrected chi connectivity index (χ1v) is 6.02. The molecule has 2 rings (SSSR count). The molecule has 2 fully saturated rings. The quantitative estimate of drug-likeness (QED) is 0.720. The number of carbonyl (C=O) groups is 1. The fourth-order valence-electron chi connectivity index (χ4n) is 2.65. The van der Waals surface area contributed by atoms with Crippen LogP contribution in [0.3, 0.4) is 0 Å². The molecule has 0 aliphatic heterocycles. The molecule has 0 bridgehead atoms. The molecule has 15 heavy (non-hydrogen) atoms. The molecule has 2 aliphatic rings. The molecule has 2 unspecified atom stereocenters. The SMILES string of the molecule is COC(=O)C1(NCC2CC2)CCCC1C. The number of rotatable bonds is 4. The predicted molar refractivity (Wildman–Crippen MR) is 58.5 cm³/mol. The Morgan fingerprint density at radius 2 is 2.20 bits per heavy atom. The number of ether oxygens (including phenoxy) is 1. The maximum atomic E-state index is 11.9. The first-order valence-electron chi connectivity index (χ1n) is 6.02. The smallest absolute Gasteiger partial charge is 0.326 e. The minimum Gasteiger partial charge on any atom is -0.468 e. The third-order valence-electron chi connectivity index (χ3n) is 4.00. The summed E-state index contributed by atoms with van der Waals surface area (Å²) in [6.07, 6.45) is 5.84. The molecule has 0 saturated heterocycles. The van der Waals surface area contributed by atoms with Gasteiger partial charge in [-0.25, -0.2) is 0 Å². The number of methoxy groups -OCH3 is 1. The zero-order chi connectivity index (χ0) is 10.9. The number of hydrogen-bond donors (Lipinski definition) is 1. The molecule has 0 spiro atoms. The predicted octanol–water partition coefficient (Wildman–Crippen LogP) is 1.72. The van der Waals surface area contributed by atoms with Gasteiger partial charge in [-0.3, -0.25) is 4.79 Å². The summed E-state index contributed by atoms with van der Waals surface area (Å²) in [4.78, 5) is 11.9. The molecule has 3 heteroatoms. The van der Waals surface area contributed by atoms with Crippen LogP contribution in [-0.4, -0.2) is 25.2 Å². The molecule has 0 radical (unpaired) electrons. The zero-order valence-electron chi connectivity index (χ0n) is 9.71. The van der Waals surface area contributed by atoms with E-state index in [1.54, 1.807) is 0 Å². The topological polar surface area (TPSA) is 38.3 Å². The average Bonchev–Trinajstić information content (AvgIpc) is 3.00. The van der Waals surface area contributed by atoms with Crippen LogP contribution in [-0.2, 0) is 9.53 Å². The van der Waals surface area contributed by atoms with Crippen molar-refractivity contribution in [1.82, 2.24) is 5.32 Å². The van der Waals surface area contributed by atoms with Crippen LogP contribution in [0.2, 0.25) is 0 Å². The van der Waals surface area contributed by atoms with Crippen molar-refractivity contribution in [3.63, 3.8) is 0 Å². The van der Waals surface area contributed by atoms with E-state index in [2.05, 4.69) is 12.2 Å². The summed E-state index contributed by atoms with van der Waals surface area (Å²) in [5.74, 6) is 1.15. The first-order chi connectivity index (χ1) is 7.19. The van der Waals surface area contributed by atoms with Crippen LogP contribution in [0.25, 0.3) is 0 Å². The minimum absolute atomic E-state index is 0.0619. The summed E-state index contributed by atoms with van der Waals surface area (Å²) < 4.78 is 4.96. The molecule has 1 N–H and O–H groups in total. The number of esters is 1. The molecule has 3 nitrogen and oxygen atoms in total. The van der Waals surface area contributed by atoms with Crippen LogP contribution in [0.5, 0.6) is 0 Å². The fourth-order valence-corrected chi connectivity index (χ4v) is 2.65. The molecule has 0 aromatic rings. The lowest BCUT2D eigenvalue weighted by atomic mass is 9.88. The van der Waals surface area contributed by atoms with E-state index in [9.17, 15) is 4.79 Å². The standard InChI is InChI=1S/C12H21NO2/c1-9-4-3-7-12(9,11(14)15-2)13-8-10-5-6-10/h9-10,13H,3-8H2,1-2H3. The summed E-state index contributed by atoms with van der Waals surface area (Å²) >= 11 is 0. The van der Waals surface area contributed by atoms with E-state index in [0.29, 0.717) is 5.92 Å². The van der Waals surface area contributed by atoms with E-state index < -0.39 is 0 Å². The Morgan fingerprint density at radius 1 is 1.47 bits per heavy atom. The Kier molecular flexibility index (Phi) is 3.01. The van der Waals surface area contributed by atoms with Crippen molar-refractivity contribution < 1.29 is 9.53 Å². The van der Waals surface area contributed by atoms with Crippen molar-refractivity contribution in [2.24, 2.45) is 11.8 Å². The minimum atomic E-state index is -0.378. The highest BCUT2D eigenvalue weighted by atomic mass is 16.5. The molecule has 0 aromatic carbocycles. The highest BCUT2D eigenvalue weighted by Crippen LogP contribution is 2.38. The summed E-state index contributed by atoms with van der Waals surface area (Å²) in [6.45, 7) is 3.14. The van der Waals surface area contributed by atoms with Gasteiger partial charge in [-0.1, -0.05) is 13.3 Å². The molecule has 0 amide bonds. The van der Waals surface area contributed by atoms with Crippen LogP contribution >= 0.6 is 0 Å². The van der Waals surface area contributed by atoms with Crippen LogP contribution in [0.15, 0.2) is 0 Å². The molecule has 86 valence electrons. The van der Waals surface area contributed by atoms with Crippen molar-refractivity contribution in [1.29, 1.82) is 0 Å². The molecule has 2 saturated carbocycles. The Bertz CT molecular complexity index is 250. The van der Waals surface area contributed by atoms with E-state index in [1.807, 2.05) is 0 Å². The maximum Gasteiger partial charge on any atom is 0.326 e. The van der Waals surface area contributed by atoms with Crippen LogP contribution in [0.1, 0.15) is 39.0 Å². The van der Waals surface area contributed by atoms with Gasteiger partial charge in [-0.05, 0) is 44.1 Å². The molecule has 2 aliphatic carbocycles. The van der Waals surface area contributed by atoms with Crippen molar-refractivity contribution in [2.45, 2.75) is 44.6 Å². The lowest BCUT2D eigenvalue weighted by Gasteiger charge is -2.32. The Hall–Kier alpha value is -0.570. The largest absolute Gasteiger partial charge is 0.468 e. The molecule has 0 heterocycles. The van der Waals surface area contributed by atoms with Crippen molar-refractivity contribution >= 4 is 5.97 Å². The van der Waals surface area contributed by atoms with Crippen LogP contribution in [0, 0.1) is 11.8 Å². The second-order valence-electron chi connectivity index (χ2n) is 5.08. The number of carbonyl (C=O) groups excluding carboxylic acids is 1. The van der Waals surface area contributed by atoms with E-state index in [4.69, 9.17) is 4.74 Å². The Labute approximate surface area is 91.6 Å². The summed E-state index contributed by atoms with van der Waals surface area (Å²) in [5, 5.41) is 3.48. The number of nitrogens with one attached hydrogen (secondary N) is 1. The number of hydrogen-bond acceptors (Lipinski definition) is 3. The zero-order valence-corrected chi connectivity index (χ0v) is 9.71. The Balaban J connectivity index is 2.02. The second kappa shape index (κ2) is 4.12. The van der Waals surface area contributed by atoms with Crippen molar-refractivity contribution in [3.05, 3.63) is 0 Å². The van der Waals surface area contributed by atoms with E-state index in [-0.39, 0.29) is 11.5 Å². The van der Waals surface area contributed by atoms with Gasteiger partial charge in [0.2, 0.25) is 0 Å². The molecular formula is C12H21NO2. The summed E-state index contributed by atoms with van der Waals surface area (Å²) in [6, 6.07) is 0. The molecule has 0 aromatic heterocycles. The first kappa shape index (κ1) is 10.9. The van der Waals surface area contributed by atoms with Gasteiger partial charge in [-0.15, -0.1) is 0 Å². The molecule has 2 atom stereocenters. The highest BCUT2D eigenvalue weighted by Gasteiger charge is 2.48. The summed E-state index contributed by atoms with van der Waals surface area (Å²) in [5.41, 5.74) is -0.378. The van der Waals surface area contributed by atoms with Crippen molar-refractivity contribution in [3.8, 4) is 0 Å². The maximum absolute atomic E-state index is 11.9. The normalized spacial score (nSPS) is 35.5. The van der Waals surface area contributed by atoms with Gasteiger partial charge in [0.25, 0.3) is 0 Å². The van der Waals surface area contributed by atoms with E-state index >= 15 is 0 Å². The van der Waals surface area contributed by atoms with Crippen LogP contribution < -0.4 is 5.32 Å². The monoisotopic (exact) mass is 211 g/mol. The average molecular weight is 211 g/mol. The third kappa shape index (κ3) is 2.03. The summed E-state index contributed by atoms with van der Waals surface area (Å²) in [7, 11) is 1.49. The van der Waals surface area contributed by atoms with E-state index in [1.165, 1.54) is 20.0 Å². The van der Waals surface area contributed by atoms with E-state index in [0.717, 1.165) is 31.7 Å². The molecular weight excluding hydrogens is 190 g/mol. The van der Waals surface area contributed by atoms with Crippen LogP contribution in [0.4, 0.5) is 0 Å². The van der Waals surface area contributed by atoms with Crippen molar-refractivity contribution in [2.75, 3.05) is 13.7 Å². The van der Waals surface area contributed by atoms with Gasteiger partial charge < -0.3 is 10.1 Å². The Morgan fingerprint density at radius 3 is 2.67 bits per heavy atom. The van der Waals surface area contributed by atoms with Gasteiger partial charge in [0.05, 0.1) is 7.11 Å².